The third kappa shape index (κ3) is 6.28. The topological polar surface area (TPSA) is 108 Å². The molecule has 0 spiro atoms. The SMILES string of the molecule is O=C(O)c1cc(O[P+](=O)Oc2ccccc2)cc(O[P+](=O)Oc2ccccc2)c1. The molecule has 1 N–H and O–H groups in total. The van der Waals surface area contributed by atoms with Crippen LogP contribution in [-0.2, 0) is 9.13 Å². The van der Waals surface area contributed by atoms with E-state index in [0.29, 0.717) is 11.5 Å². The maximum Gasteiger partial charge on any atom is 0.805 e. The molecule has 2 unspecified atom stereocenters. The number of hydrogen-bond donors (Lipinski definition) is 1. The molecule has 0 aliphatic heterocycles. The Balaban J connectivity index is 1.72. The molecule has 8 nitrogen and oxygen atoms in total. The van der Waals surface area contributed by atoms with Crippen molar-refractivity contribution >= 4 is 22.5 Å². The Labute approximate surface area is 167 Å². The van der Waals surface area contributed by atoms with Gasteiger partial charge in [0.25, 0.3) is 0 Å². The Kier molecular flexibility index (Phi) is 6.74. The van der Waals surface area contributed by atoms with E-state index in [4.69, 9.17) is 18.1 Å². The molecule has 3 aromatic carbocycles. The molecular weight excluding hydrogens is 418 g/mol. The number of hydrogen-bond acceptors (Lipinski definition) is 7. The van der Waals surface area contributed by atoms with Gasteiger partial charge >= 0.3 is 22.5 Å². The number of carbonyl (C=O) groups is 1. The van der Waals surface area contributed by atoms with Gasteiger partial charge in [-0.2, -0.15) is 0 Å². The van der Waals surface area contributed by atoms with Crippen LogP contribution in [0, 0.1) is 0 Å². The maximum atomic E-state index is 12.1. The molecule has 0 aliphatic rings. The van der Waals surface area contributed by atoms with Crippen molar-refractivity contribution in [3.8, 4) is 23.0 Å². The lowest BCUT2D eigenvalue weighted by molar-refractivity contribution is 0.0696. The zero-order chi connectivity index (χ0) is 20.6. The van der Waals surface area contributed by atoms with Gasteiger partial charge in [0.1, 0.15) is 0 Å². The highest BCUT2D eigenvalue weighted by Gasteiger charge is 2.29. The van der Waals surface area contributed by atoms with Gasteiger partial charge in [0.2, 0.25) is 0 Å². The molecule has 0 saturated carbocycles. The molecule has 29 heavy (non-hydrogen) atoms. The number of para-hydroxylation sites is 2. The van der Waals surface area contributed by atoms with Crippen LogP contribution in [0.3, 0.4) is 0 Å². The Morgan fingerprint density at radius 1 is 0.621 bits per heavy atom. The molecule has 0 aliphatic carbocycles. The lowest BCUT2D eigenvalue weighted by atomic mass is 10.2. The fourth-order valence-corrected chi connectivity index (χ4v) is 3.36. The second-order valence-electron chi connectivity index (χ2n) is 5.44. The van der Waals surface area contributed by atoms with Gasteiger partial charge in [-0.15, -0.1) is 0 Å². The summed E-state index contributed by atoms with van der Waals surface area (Å²) in [5, 5.41) is 9.25. The minimum absolute atomic E-state index is 0.0972. The van der Waals surface area contributed by atoms with Crippen molar-refractivity contribution in [3.05, 3.63) is 84.4 Å². The molecule has 2 atom stereocenters. The standard InChI is InChI=1S/C19H13O8P2/c20-19(21)14-11-17(26-28(22)24-15-7-3-1-4-8-15)13-18(12-14)27-29(23)25-16-9-5-2-6-10-16/h1-13H/q+1/p+1. The van der Waals surface area contributed by atoms with Crippen LogP contribution in [0.1, 0.15) is 10.4 Å². The third-order valence-corrected chi connectivity index (χ3v) is 4.77. The zero-order valence-electron chi connectivity index (χ0n) is 14.7. The van der Waals surface area contributed by atoms with Gasteiger partial charge in [-0.1, -0.05) is 36.4 Å². The lowest BCUT2D eigenvalue weighted by Crippen LogP contribution is -1.99. The van der Waals surface area contributed by atoms with Crippen molar-refractivity contribution in [1.29, 1.82) is 0 Å². The summed E-state index contributed by atoms with van der Waals surface area (Å²) >= 11 is 0. The van der Waals surface area contributed by atoms with E-state index in [0.717, 1.165) is 12.1 Å². The molecule has 0 saturated heterocycles. The van der Waals surface area contributed by atoms with Gasteiger partial charge in [-0.25, -0.2) is 22.9 Å². The van der Waals surface area contributed by atoms with Gasteiger partial charge in [-0.05, 0) is 24.3 Å². The first-order valence-electron chi connectivity index (χ1n) is 8.14. The summed E-state index contributed by atoms with van der Waals surface area (Å²) in [6.45, 7) is 0. The van der Waals surface area contributed by atoms with Gasteiger partial charge < -0.3 is 5.11 Å². The molecule has 0 heterocycles. The Hall–Kier alpha value is -3.47. The molecule has 0 radical (unpaired) electrons. The number of carboxylic acids is 1. The minimum Gasteiger partial charge on any atom is -0.478 e. The maximum absolute atomic E-state index is 12.1. The molecule has 10 heteroatoms. The fourth-order valence-electron chi connectivity index (χ4n) is 2.14. The largest absolute Gasteiger partial charge is 0.805 e. The van der Waals surface area contributed by atoms with Crippen molar-refractivity contribution in [1.82, 2.24) is 0 Å². The fraction of sp³-hybridized carbons (Fsp3) is 0. The normalized spacial score (nSPS) is 11.2. The summed E-state index contributed by atoms with van der Waals surface area (Å²) in [5.74, 6) is -0.837. The predicted octanol–water partition coefficient (Wildman–Crippen LogP) is 5.62. The predicted molar refractivity (Wildman–Crippen MR) is 104 cm³/mol. The van der Waals surface area contributed by atoms with E-state index < -0.39 is 22.5 Å². The average Bonchev–Trinajstić information content (AvgIpc) is 2.69. The van der Waals surface area contributed by atoms with Crippen LogP contribution < -0.4 is 18.1 Å². The Bertz CT molecular complexity index is 951. The van der Waals surface area contributed by atoms with E-state index in [1.807, 2.05) is 0 Å². The van der Waals surface area contributed by atoms with Crippen LogP contribution in [0.4, 0.5) is 0 Å². The lowest BCUT2D eigenvalue weighted by Gasteiger charge is -2.00. The van der Waals surface area contributed by atoms with Crippen LogP contribution in [0.2, 0.25) is 0 Å². The first-order chi connectivity index (χ1) is 14.0. The van der Waals surface area contributed by atoms with Crippen LogP contribution in [0.25, 0.3) is 0 Å². The zero-order valence-corrected chi connectivity index (χ0v) is 16.5. The number of aromatic carboxylic acids is 1. The molecular formula is C19H14O8P2+2. The highest BCUT2D eigenvalue weighted by molar-refractivity contribution is 7.34. The monoisotopic (exact) mass is 432 g/mol. The Morgan fingerprint density at radius 3 is 1.38 bits per heavy atom. The van der Waals surface area contributed by atoms with Crippen LogP contribution in [0.5, 0.6) is 23.0 Å². The van der Waals surface area contributed by atoms with Crippen molar-refractivity contribution in [3.63, 3.8) is 0 Å². The molecule has 0 bridgehead atoms. The molecule has 0 amide bonds. The summed E-state index contributed by atoms with van der Waals surface area (Å²) < 4.78 is 44.7. The van der Waals surface area contributed by atoms with Gasteiger partial charge in [-0.3, -0.25) is 0 Å². The van der Waals surface area contributed by atoms with Crippen molar-refractivity contribution in [2.75, 3.05) is 0 Å². The van der Waals surface area contributed by atoms with Gasteiger partial charge in [0.15, 0.2) is 23.0 Å². The molecule has 0 fully saturated rings. The van der Waals surface area contributed by atoms with Crippen LogP contribution >= 0.6 is 16.5 Å². The molecule has 3 rings (SSSR count). The molecule has 0 aromatic heterocycles. The third-order valence-electron chi connectivity index (χ3n) is 3.33. The second kappa shape index (κ2) is 9.64. The smallest absolute Gasteiger partial charge is 0.478 e. The second-order valence-corrected chi connectivity index (χ2v) is 7.06. The summed E-state index contributed by atoms with van der Waals surface area (Å²) in [4.78, 5) is 11.3. The van der Waals surface area contributed by atoms with Crippen molar-refractivity contribution in [2.24, 2.45) is 0 Å². The quantitative estimate of drug-likeness (QED) is 0.435. The highest BCUT2D eigenvalue weighted by Crippen LogP contribution is 2.36. The van der Waals surface area contributed by atoms with E-state index in [9.17, 15) is 19.0 Å². The van der Waals surface area contributed by atoms with Gasteiger partial charge in [0, 0.05) is 27.3 Å². The van der Waals surface area contributed by atoms with Crippen molar-refractivity contribution in [2.45, 2.75) is 0 Å². The molecule has 146 valence electrons. The van der Waals surface area contributed by atoms with E-state index in [2.05, 4.69) is 0 Å². The minimum atomic E-state index is -2.64. The van der Waals surface area contributed by atoms with Crippen molar-refractivity contribution < 1.29 is 37.1 Å². The number of carboxylic acid groups (broad SMARTS) is 1. The average molecular weight is 432 g/mol. The van der Waals surface area contributed by atoms with Crippen LogP contribution in [-0.4, -0.2) is 11.1 Å². The molecule has 3 aromatic rings. The van der Waals surface area contributed by atoms with E-state index >= 15 is 0 Å². The number of rotatable bonds is 9. The first kappa shape index (κ1) is 20.3. The van der Waals surface area contributed by atoms with Gasteiger partial charge in [0.05, 0.1) is 5.56 Å². The number of benzene rings is 3. The van der Waals surface area contributed by atoms with E-state index in [1.165, 1.54) is 6.07 Å². The highest BCUT2D eigenvalue weighted by atomic mass is 31.1. The summed E-state index contributed by atoms with van der Waals surface area (Å²) in [7, 11) is -5.28. The van der Waals surface area contributed by atoms with E-state index in [1.54, 1.807) is 60.7 Å². The summed E-state index contributed by atoms with van der Waals surface area (Å²) in [6, 6.07) is 20.2. The summed E-state index contributed by atoms with van der Waals surface area (Å²) in [6.07, 6.45) is 0. The first-order valence-corrected chi connectivity index (χ1v) is 10.3. The Morgan fingerprint density at radius 2 is 1.00 bits per heavy atom. The summed E-state index contributed by atoms with van der Waals surface area (Å²) in [5.41, 5.74) is -0.219. The van der Waals surface area contributed by atoms with E-state index in [-0.39, 0.29) is 17.1 Å². The van der Waals surface area contributed by atoms with Crippen LogP contribution in [0.15, 0.2) is 78.9 Å².